The van der Waals surface area contributed by atoms with E-state index in [9.17, 15) is 8.42 Å². The molecule has 3 nitrogen and oxygen atoms in total. The molecule has 0 spiro atoms. The van der Waals surface area contributed by atoms with E-state index in [0.29, 0.717) is 22.5 Å². The summed E-state index contributed by atoms with van der Waals surface area (Å²) in [5.41, 5.74) is 0. The minimum atomic E-state index is -3.17. The van der Waals surface area contributed by atoms with Crippen LogP contribution in [0.3, 0.4) is 0 Å². The average Bonchev–Trinajstić information content (AvgIpc) is 2.29. The van der Waals surface area contributed by atoms with Crippen molar-refractivity contribution < 1.29 is 13.7 Å². The summed E-state index contributed by atoms with van der Waals surface area (Å²) < 4.78 is 23.9. The van der Waals surface area contributed by atoms with Crippen LogP contribution in [0.1, 0.15) is 20.3 Å². The molecular formula is C12H19ClNO2S+. The fourth-order valence-corrected chi connectivity index (χ4v) is 2.79. The van der Waals surface area contributed by atoms with Gasteiger partial charge in [-0.15, -0.1) is 0 Å². The topological polar surface area (TPSA) is 50.8 Å². The third-order valence-corrected chi connectivity index (χ3v) is 4.79. The Morgan fingerprint density at radius 3 is 2.41 bits per heavy atom. The number of sulfone groups is 1. The van der Waals surface area contributed by atoms with Gasteiger partial charge in [0.15, 0.2) is 9.84 Å². The van der Waals surface area contributed by atoms with Crippen LogP contribution in [0.15, 0.2) is 29.2 Å². The Morgan fingerprint density at radius 1 is 1.29 bits per heavy atom. The Hall–Kier alpha value is -0.580. The molecule has 96 valence electrons. The molecule has 17 heavy (non-hydrogen) atoms. The second-order valence-corrected chi connectivity index (χ2v) is 6.73. The van der Waals surface area contributed by atoms with E-state index in [1.807, 2.05) is 0 Å². The van der Waals surface area contributed by atoms with Gasteiger partial charge in [0.2, 0.25) is 0 Å². The van der Waals surface area contributed by atoms with E-state index in [2.05, 4.69) is 19.2 Å². The molecule has 1 rings (SSSR count). The summed E-state index contributed by atoms with van der Waals surface area (Å²) in [7, 11) is -3.17. The molecule has 0 saturated carbocycles. The maximum atomic E-state index is 12.0. The van der Waals surface area contributed by atoms with Gasteiger partial charge in [0.05, 0.1) is 17.5 Å². The predicted molar refractivity (Wildman–Crippen MR) is 70.1 cm³/mol. The Kier molecular flexibility index (Phi) is 5.43. The van der Waals surface area contributed by atoms with Crippen molar-refractivity contribution >= 4 is 21.4 Å². The van der Waals surface area contributed by atoms with Gasteiger partial charge in [-0.05, 0) is 37.6 Å². The Morgan fingerprint density at radius 2 is 1.88 bits per heavy atom. The molecule has 0 amide bonds. The Labute approximate surface area is 108 Å². The maximum Gasteiger partial charge on any atom is 0.183 e. The fraction of sp³-hybridized carbons (Fsp3) is 0.500. The summed E-state index contributed by atoms with van der Waals surface area (Å²) in [5.74, 6) is 0.166. The van der Waals surface area contributed by atoms with Crippen molar-refractivity contribution in [3.63, 3.8) is 0 Å². The standard InChI is InChI=1S/C12H18ClNO2S/c1-3-10(2)14-8-9-17(15,16)12-6-4-11(13)5-7-12/h4-7,10,14H,3,8-9H2,1-2H3/p+1/t10-/m0/s1. The van der Waals surface area contributed by atoms with Crippen LogP contribution >= 0.6 is 11.6 Å². The SMILES string of the molecule is CC[C@H](C)[NH2+]CCS(=O)(=O)c1ccc(Cl)cc1. The lowest BCUT2D eigenvalue weighted by Gasteiger charge is -2.08. The number of hydrogen-bond acceptors (Lipinski definition) is 2. The van der Waals surface area contributed by atoms with Crippen molar-refractivity contribution in [1.82, 2.24) is 0 Å². The number of quaternary nitrogens is 1. The molecule has 0 saturated heterocycles. The molecule has 0 aliphatic carbocycles. The summed E-state index contributed by atoms with van der Waals surface area (Å²) in [6.45, 7) is 4.78. The molecule has 1 atom stereocenters. The molecule has 0 aliphatic heterocycles. The third kappa shape index (κ3) is 4.66. The molecule has 2 N–H and O–H groups in total. The molecule has 0 radical (unpaired) electrons. The van der Waals surface area contributed by atoms with Gasteiger partial charge in [0.1, 0.15) is 5.75 Å². The highest BCUT2D eigenvalue weighted by atomic mass is 35.5. The summed E-state index contributed by atoms with van der Waals surface area (Å²) in [6, 6.07) is 6.79. The van der Waals surface area contributed by atoms with Crippen LogP contribution in [-0.2, 0) is 9.84 Å². The van der Waals surface area contributed by atoms with Gasteiger partial charge in [0.25, 0.3) is 0 Å². The van der Waals surface area contributed by atoms with Crippen LogP contribution in [0.5, 0.6) is 0 Å². The Balaban J connectivity index is 2.60. The normalized spacial score (nSPS) is 13.6. The third-order valence-electron chi connectivity index (χ3n) is 2.77. The molecule has 0 bridgehead atoms. The first kappa shape index (κ1) is 14.5. The van der Waals surface area contributed by atoms with Gasteiger partial charge < -0.3 is 5.32 Å². The summed E-state index contributed by atoms with van der Waals surface area (Å²) >= 11 is 5.73. The first-order valence-electron chi connectivity index (χ1n) is 5.77. The molecule has 0 heterocycles. The average molecular weight is 277 g/mol. The summed E-state index contributed by atoms with van der Waals surface area (Å²) in [4.78, 5) is 0.347. The zero-order chi connectivity index (χ0) is 12.9. The molecule has 5 heteroatoms. The van der Waals surface area contributed by atoms with Crippen molar-refractivity contribution in [2.45, 2.75) is 31.2 Å². The van der Waals surface area contributed by atoms with Crippen LogP contribution in [-0.4, -0.2) is 26.8 Å². The zero-order valence-corrected chi connectivity index (χ0v) is 11.8. The van der Waals surface area contributed by atoms with Crippen molar-refractivity contribution in [2.75, 3.05) is 12.3 Å². The Bertz CT molecular complexity index is 442. The number of hydrogen-bond donors (Lipinski definition) is 1. The van der Waals surface area contributed by atoms with Crippen molar-refractivity contribution in [3.05, 3.63) is 29.3 Å². The molecular weight excluding hydrogens is 258 g/mol. The van der Waals surface area contributed by atoms with Crippen LogP contribution in [0.25, 0.3) is 0 Å². The first-order valence-corrected chi connectivity index (χ1v) is 7.80. The highest BCUT2D eigenvalue weighted by Gasteiger charge is 2.15. The van der Waals surface area contributed by atoms with Crippen LogP contribution < -0.4 is 5.32 Å². The van der Waals surface area contributed by atoms with Gasteiger partial charge in [-0.2, -0.15) is 0 Å². The van der Waals surface area contributed by atoms with Crippen molar-refractivity contribution in [3.8, 4) is 0 Å². The van der Waals surface area contributed by atoms with Gasteiger partial charge >= 0.3 is 0 Å². The maximum absolute atomic E-state index is 12.0. The summed E-state index contributed by atoms with van der Waals surface area (Å²) in [5, 5.41) is 2.61. The lowest BCUT2D eigenvalue weighted by molar-refractivity contribution is -0.682. The quantitative estimate of drug-likeness (QED) is 0.856. The second-order valence-electron chi connectivity index (χ2n) is 4.18. The van der Waals surface area contributed by atoms with E-state index in [1.165, 1.54) is 0 Å². The minimum Gasteiger partial charge on any atom is -0.343 e. The second kappa shape index (κ2) is 6.38. The number of benzene rings is 1. The van der Waals surface area contributed by atoms with E-state index >= 15 is 0 Å². The highest BCUT2D eigenvalue weighted by Crippen LogP contribution is 2.14. The molecule has 1 aromatic rings. The van der Waals surface area contributed by atoms with Crippen LogP contribution in [0, 0.1) is 0 Å². The monoisotopic (exact) mass is 276 g/mol. The van der Waals surface area contributed by atoms with Gasteiger partial charge in [0, 0.05) is 5.02 Å². The fourth-order valence-electron chi connectivity index (χ4n) is 1.43. The minimum absolute atomic E-state index is 0.166. The highest BCUT2D eigenvalue weighted by molar-refractivity contribution is 7.91. The van der Waals surface area contributed by atoms with Gasteiger partial charge in [-0.1, -0.05) is 18.5 Å². The lowest BCUT2D eigenvalue weighted by Crippen LogP contribution is -2.90. The predicted octanol–water partition coefficient (Wildman–Crippen LogP) is 1.48. The van der Waals surface area contributed by atoms with E-state index in [0.717, 1.165) is 6.42 Å². The van der Waals surface area contributed by atoms with Crippen LogP contribution in [0.4, 0.5) is 0 Å². The molecule has 0 unspecified atom stereocenters. The van der Waals surface area contributed by atoms with Gasteiger partial charge in [-0.3, -0.25) is 0 Å². The number of nitrogens with two attached hydrogens (primary N) is 1. The van der Waals surface area contributed by atoms with Crippen LogP contribution in [0.2, 0.25) is 5.02 Å². The molecule has 0 aliphatic rings. The lowest BCUT2D eigenvalue weighted by atomic mass is 10.3. The van der Waals surface area contributed by atoms with Crippen molar-refractivity contribution in [1.29, 1.82) is 0 Å². The van der Waals surface area contributed by atoms with E-state index in [-0.39, 0.29) is 5.75 Å². The van der Waals surface area contributed by atoms with E-state index in [4.69, 9.17) is 11.6 Å². The van der Waals surface area contributed by atoms with E-state index in [1.54, 1.807) is 24.3 Å². The number of halogens is 1. The van der Waals surface area contributed by atoms with Gasteiger partial charge in [-0.25, -0.2) is 8.42 Å². The molecule has 0 fully saturated rings. The smallest absolute Gasteiger partial charge is 0.183 e. The number of rotatable bonds is 6. The first-order chi connectivity index (χ1) is 7.95. The molecule has 1 aromatic carbocycles. The zero-order valence-electron chi connectivity index (χ0n) is 10.2. The van der Waals surface area contributed by atoms with Crippen molar-refractivity contribution in [2.24, 2.45) is 0 Å². The largest absolute Gasteiger partial charge is 0.343 e. The summed E-state index contributed by atoms with van der Waals surface area (Å²) in [6.07, 6.45) is 1.04. The molecule has 0 aromatic heterocycles. The van der Waals surface area contributed by atoms with E-state index < -0.39 is 9.84 Å².